The number of H-pyrrole nitrogens is 2. The molecule has 2 rings (SSSR count). The molecule has 13 heavy (non-hydrogen) atoms. The predicted octanol–water partition coefficient (Wildman–Crippen LogP) is -1.84. The molecule has 0 aliphatic carbocycles. The summed E-state index contributed by atoms with van der Waals surface area (Å²) < 4.78 is 0. The molecule has 7 nitrogen and oxygen atoms in total. The van der Waals surface area contributed by atoms with Crippen molar-refractivity contribution < 1.29 is 9.90 Å². The highest BCUT2D eigenvalue weighted by Gasteiger charge is 2.29. The minimum Gasteiger partial charge on any atom is -0.356 e. The molecule has 0 radical (unpaired) electrons. The Hall–Kier alpha value is -1.76. The first kappa shape index (κ1) is 7.87. The first-order chi connectivity index (χ1) is 6.09. The second-order valence-corrected chi connectivity index (χ2v) is 2.76. The zero-order valence-corrected chi connectivity index (χ0v) is 6.79. The van der Waals surface area contributed by atoms with E-state index in [0.717, 1.165) is 0 Å². The van der Waals surface area contributed by atoms with Gasteiger partial charge < -0.3 is 15.3 Å². The van der Waals surface area contributed by atoms with Crippen molar-refractivity contribution in [3.63, 3.8) is 0 Å². The second-order valence-electron chi connectivity index (χ2n) is 2.76. The lowest BCUT2D eigenvalue weighted by Gasteiger charge is -2.29. The van der Waals surface area contributed by atoms with E-state index in [-0.39, 0.29) is 5.69 Å². The Bertz CT molecular complexity index is 406. The fraction of sp³-hybridized carbons (Fsp3) is 0.333. The van der Waals surface area contributed by atoms with E-state index in [1.54, 1.807) is 7.05 Å². The van der Waals surface area contributed by atoms with Crippen LogP contribution in [0.25, 0.3) is 0 Å². The molecule has 1 aromatic heterocycles. The first-order valence-electron chi connectivity index (χ1n) is 3.63. The fourth-order valence-electron chi connectivity index (χ4n) is 1.21. The van der Waals surface area contributed by atoms with Gasteiger partial charge in [-0.05, 0) is 0 Å². The number of aromatic nitrogens is 2. The highest BCUT2D eigenvalue weighted by atomic mass is 16.3. The van der Waals surface area contributed by atoms with Gasteiger partial charge in [0.05, 0.1) is 0 Å². The lowest BCUT2D eigenvalue weighted by atomic mass is 10.3. The molecule has 1 atom stereocenters. The van der Waals surface area contributed by atoms with Gasteiger partial charge in [0, 0.05) is 7.05 Å². The number of carbonyl (C=O) groups is 1. The van der Waals surface area contributed by atoms with Crippen LogP contribution in [0.15, 0.2) is 4.79 Å². The van der Waals surface area contributed by atoms with Crippen molar-refractivity contribution in [3.8, 4) is 0 Å². The van der Waals surface area contributed by atoms with Crippen LogP contribution in [0.3, 0.4) is 0 Å². The summed E-state index contributed by atoms with van der Waals surface area (Å²) in [5, 5.41) is 11.5. The van der Waals surface area contributed by atoms with Gasteiger partial charge in [-0.25, -0.2) is 4.79 Å². The molecule has 0 aromatic carbocycles. The Morgan fingerprint density at radius 1 is 1.38 bits per heavy atom. The number of fused-ring (bicyclic) bond motifs is 1. The third-order valence-electron chi connectivity index (χ3n) is 1.91. The predicted molar refractivity (Wildman–Crippen MR) is 43.3 cm³/mol. The van der Waals surface area contributed by atoms with Crippen molar-refractivity contribution in [1.82, 2.24) is 15.3 Å². The van der Waals surface area contributed by atoms with Gasteiger partial charge in [0.1, 0.15) is 11.5 Å². The average Bonchev–Trinajstić information content (AvgIpc) is 2.44. The Morgan fingerprint density at radius 2 is 2.08 bits per heavy atom. The van der Waals surface area contributed by atoms with Gasteiger partial charge in [-0.15, -0.1) is 0 Å². The summed E-state index contributed by atoms with van der Waals surface area (Å²) in [7, 11) is 1.55. The Kier molecular flexibility index (Phi) is 1.43. The van der Waals surface area contributed by atoms with Crippen molar-refractivity contribution in [3.05, 3.63) is 16.2 Å². The number of imidazole rings is 1. The molecule has 7 heteroatoms. The highest BCUT2D eigenvalue weighted by molar-refractivity contribution is 5.98. The molecule has 0 spiro atoms. The lowest BCUT2D eigenvalue weighted by molar-refractivity contribution is 0.0751. The molecular weight excluding hydrogens is 176 g/mol. The van der Waals surface area contributed by atoms with Crippen LogP contribution in [-0.4, -0.2) is 34.4 Å². The number of amides is 1. The van der Waals surface area contributed by atoms with Gasteiger partial charge in [-0.2, -0.15) is 0 Å². The molecular formula is C6H8N4O3. The molecule has 0 fully saturated rings. The van der Waals surface area contributed by atoms with Crippen LogP contribution < -0.4 is 15.9 Å². The number of aliphatic hydroxyl groups is 1. The number of rotatable bonds is 0. The van der Waals surface area contributed by atoms with Gasteiger partial charge in [-0.3, -0.25) is 14.8 Å². The molecule has 1 unspecified atom stereocenters. The molecule has 2 heterocycles. The average molecular weight is 184 g/mol. The SMILES string of the molecule is CN1c2[nH]c(=O)[nH]c2C(=O)NC1O. The van der Waals surface area contributed by atoms with Crippen LogP contribution >= 0.6 is 0 Å². The quantitative estimate of drug-likeness (QED) is 0.380. The number of hydrogen-bond donors (Lipinski definition) is 4. The summed E-state index contributed by atoms with van der Waals surface area (Å²) in [6.07, 6.45) is -1.11. The zero-order chi connectivity index (χ0) is 9.59. The van der Waals surface area contributed by atoms with Crippen LogP contribution in [0.1, 0.15) is 10.5 Å². The van der Waals surface area contributed by atoms with E-state index in [1.807, 2.05) is 0 Å². The molecule has 0 saturated carbocycles. The van der Waals surface area contributed by atoms with Crippen molar-refractivity contribution in [2.45, 2.75) is 6.35 Å². The normalized spacial score (nSPS) is 21.2. The minimum absolute atomic E-state index is 0.137. The third kappa shape index (κ3) is 1.01. The monoisotopic (exact) mass is 184 g/mol. The van der Waals surface area contributed by atoms with Crippen LogP contribution in [0, 0.1) is 0 Å². The third-order valence-corrected chi connectivity index (χ3v) is 1.91. The number of anilines is 1. The van der Waals surface area contributed by atoms with Crippen molar-refractivity contribution in [2.24, 2.45) is 0 Å². The zero-order valence-electron chi connectivity index (χ0n) is 6.79. The standard InChI is InChI=1S/C6H8N4O3/c1-10-3-2(7-5(12)8-3)4(11)9-6(10)13/h6,13H,1H3,(H,9,11)(H2,7,8,12). The molecule has 1 aliphatic heterocycles. The summed E-state index contributed by atoms with van der Waals surface area (Å²) in [5.41, 5.74) is -0.334. The minimum atomic E-state index is -1.11. The van der Waals surface area contributed by atoms with Crippen LogP contribution in [0.4, 0.5) is 5.82 Å². The molecule has 1 aromatic rings. The lowest BCUT2D eigenvalue weighted by Crippen LogP contribution is -2.51. The number of nitrogens with zero attached hydrogens (tertiary/aromatic N) is 1. The maximum atomic E-state index is 11.2. The van der Waals surface area contributed by atoms with Crippen molar-refractivity contribution in [2.75, 3.05) is 11.9 Å². The summed E-state index contributed by atoms with van der Waals surface area (Å²) >= 11 is 0. The number of carbonyl (C=O) groups excluding carboxylic acids is 1. The Morgan fingerprint density at radius 3 is 2.77 bits per heavy atom. The molecule has 1 aliphatic rings. The topological polar surface area (TPSA) is 101 Å². The van der Waals surface area contributed by atoms with E-state index >= 15 is 0 Å². The van der Waals surface area contributed by atoms with Crippen LogP contribution in [0.2, 0.25) is 0 Å². The number of hydrogen-bond acceptors (Lipinski definition) is 4. The fourth-order valence-corrected chi connectivity index (χ4v) is 1.21. The van der Waals surface area contributed by atoms with E-state index in [4.69, 9.17) is 0 Å². The van der Waals surface area contributed by atoms with Crippen LogP contribution in [0.5, 0.6) is 0 Å². The van der Waals surface area contributed by atoms with E-state index < -0.39 is 17.9 Å². The molecule has 0 saturated heterocycles. The molecule has 0 bridgehead atoms. The summed E-state index contributed by atoms with van der Waals surface area (Å²) in [6, 6.07) is 0. The summed E-state index contributed by atoms with van der Waals surface area (Å²) in [6.45, 7) is 0. The maximum Gasteiger partial charge on any atom is 0.325 e. The smallest absolute Gasteiger partial charge is 0.325 e. The van der Waals surface area contributed by atoms with Crippen LogP contribution in [-0.2, 0) is 0 Å². The second kappa shape index (κ2) is 2.36. The number of nitrogens with one attached hydrogen (secondary N) is 3. The van der Waals surface area contributed by atoms with E-state index in [0.29, 0.717) is 5.82 Å². The van der Waals surface area contributed by atoms with E-state index in [9.17, 15) is 14.7 Å². The van der Waals surface area contributed by atoms with Gasteiger partial charge in [-0.1, -0.05) is 0 Å². The highest BCUT2D eigenvalue weighted by Crippen LogP contribution is 2.17. The summed E-state index contributed by atoms with van der Waals surface area (Å²) in [4.78, 5) is 28.1. The van der Waals surface area contributed by atoms with Gasteiger partial charge in [0.25, 0.3) is 5.91 Å². The molecule has 70 valence electrons. The number of aliphatic hydroxyl groups excluding tert-OH is 1. The number of aromatic amines is 2. The van der Waals surface area contributed by atoms with Gasteiger partial charge in [0.15, 0.2) is 0 Å². The van der Waals surface area contributed by atoms with Crippen molar-refractivity contribution >= 4 is 11.7 Å². The summed E-state index contributed by atoms with van der Waals surface area (Å²) in [5.74, 6) is -0.208. The Balaban J connectivity index is 2.59. The van der Waals surface area contributed by atoms with Crippen molar-refractivity contribution in [1.29, 1.82) is 0 Å². The van der Waals surface area contributed by atoms with Gasteiger partial charge >= 0.3 is 5.69 Å². The largest absolute Gasteiger partial charge is 0.356 e. The Labute approximate surface area is 72.4 Å². The molecule has 4 N–H and O–H groups in total. The first-order valence-corrected chi connectivity index (χ1v) is 3.63. The maximum absolute atomic E-state index is 11.2. The molecule has 1 amide bonds. The van der Waals surface area contributed by atoms with E-state index in [2.05, 4.69) is 15.3 Å². The van der Waals surface area contributed by atoms with Gasteiger partial charge in [0.2, 0.25) is 6.35 Å². The van der Waals surface area contributed by atoms with E-state index in [1.165, 1.54) is 4.90 Å².